The van der Waals surface area contributed by atoms with Crippen molar-refractivity contribution in [2.45, 2.75) is 5.92 Å². The summed E-state index contributed by atoms with van der Waals surface area (Å²) in [5, 5.41) is 17.2. The second-order valence-corrected chi connectivity index (χ2v) is 2.52. The van der Waals surface area contributed by atoms with Crippen LogP contribution in [0.25, 0.3) is 0 Å². The van der Waals surface area contributed by atoms with Crippen LogP contribution in [-0.4, -0.2) is 22.2 Å². The van der Waals surface area contributed by atoms with Crippen LogP contribution in [-0.2, 0) is 36.9 Å². The van der Waals surface area contributed by atoms with E-state index in [4.69, 9.17) is 10.2 Å². The zero-order chi connectivity index (χ0) is 9.84. The van der Waals surface area contributed by atoms with E-state index in [1.807, 2.05) is 0 Å². The van der Waals surface area contributed by atoms with Crippen LogP contribution >= 0.6 is 0 Å². The predicted molar refractivity (Wildman–Crippen MR) is 44.5 cm³/mol. The number of carbonyl (C=O) groups is 2. The van der Waals surface area contributed by atoms with Gasteiger partial charge in [-0.2, -0.15) is 0 Å². The van der Waals surface area contributed by atoms with Gasteiger partial charge in [0, 0.05) is 27.3 Å². The van der Waals surface area contributed by atoms with Crippen LogP contribution in [0.4, 0.5) is 0 Å². The van der Waals surface area contributed by atoms with Gasteiger partial charge in [0.25, 0.3) is 0 Å². The molecule has 0 aliphatic carbocycles. The smallest absolute Gasteiger partial charge is 0.322 e. The molecule has 70 valence electrons. The molecule has 0 aliphatic rings. The van der Waals surface area contributed by atoms with Gasteiger partial charge in [0.15, 0.2) is 5.92 Å². The maximum Gasteiger partial charge on any atom is 0.322 e. The van der Waals surface area contributed by atoms with Gasteiger partial charge in [-0.25, -0.2) is 0 Å². The number of hydrogen-bond acceptors (Lipinski definition) is 2. The molecule has 0 bridgehead atoms. The molecule has 1 rings (SSSR count). The Morgan fingerprint density at radius 1 is 1.00 bits per heavy atom. The Kier molecular flexibility index (Phi) is 5.36. The zero-order valence-electron chi connectivity index (χ0n) is 7.38. The number of rotatable bonds is 3. The molecule has 1 aromatic carbocycles. The Hall–Kier alpha value is -0.918. The SMILES string of the molecule is O=C(O)C(C(=O)O)c1ccccc1.[Cd]. The Labute approximate surface area is 101 Å². The first kappa shape index (κ1) is 13.1. The van der Waals surface area contributed by atoms with E-state index in [0.717, 1.165) is 0 Å². The predicted octanol–water partition coefficient (Wildman–Crippen LogP) is 0.937. The first-order chi connectivity index (χ1) is 6.13. The average Bonchev–Trinajstić information content (AvgIpc) is 2.04. The summed E-state index contributed by atoms with van der Waals surface area (Å²) in [5.41, 5.74) is 0.280. The van der Waals surface area contributed by atoms with Gasteiger partial charge >= 0.3 is 11.9 Å². The Morgan fingerprint density at radius 2 is 1.43 bits per heavy atom. The fourth-order valence-corrected chi connectivity index (χ4v) is 1.04. The van der Waals surface area contributed by atoms with Crippen molar-refractivity contribution >= 4 is 11.9 Å². The largest absolute Gasteiger partial charge is 0.480 e. The van der Waals surface area contributed by atoms with E-state index in [2.05, 4.69) is 0 Å². The molecule has 0 atom stereocenters. The number of carboxylic acid groups (broad SMARTS) is 2. The van der Waals surface area contributed by atoms with Crippen molar-refractivity contribution in [3.05, 3.63) is 35.9 Å². The molecule has 0 heterocycles. The molecule has 0 amide bonds. The monoisotopic (exact) mass is 294 g/mol. The van der Waals surface area contributed by atoms with E-state index in [1.165, 1.54) is 12.1 Å². The molecule has 14 heavy (non-hydrogen) atoms. The van der Waals surface area contributed by atoms with Gasteiger partial charge in [0.1, 0.15) is 0 Å². The van der Waals surface area contributed by atoms with E-state index in [-0.39, 0.29) is 32.9 Å². The summed E-state index contributed by atoms with van der Waals surface area (Å²) >= 11 is 0. The standard InChI is InChI=1S/C9H8O4.Cd/c10-8(11)7(9(12)13)6-4-2-1-3-5-6;/h1-5,7H,(H,10,11)(H,12,13);. The third-order valence-electron chi connectivity index (χ3n) is 1.63. The quantitative estimate of drug-likeness (QED) is 0.642. The second-order valence-electron chi connectivity index (χ2n) is 2.52. The van der Waals surface area contributed by atoms with Gasteiger partial charge in [-0.1, -0.05) is 30.3 Å². The summed E-state index contributed by atoms with van der Waals surface area (Å²) < 4.78 is 0. The molecule has 0 unspecified atom stereocenters. The number of carboxylic acids is 2. The van der Waals surface area contributed by atoms with Crippen LogP contribution in [0.3, 0.4) is 0 Å². The minimum atomic E-state index is -1.47. The molecule has 0 aromatic heterocycles. The molecule has 0 fully saturated rings. The van der Waals surface area contributed by atoms with Crippen LogP contribution in [0, 0.1) is 0 Å². The first-order valence-electron chi connectivity index (χ1n) is 3.63. The minimum absolute atomic E-state index is 0. The van der Waals surface area contributed by atoms with Crippen molar-refractivity contribution in [3.63, 3.8) is 0 Å². The molecule has 0 saturated carbocycles. The molecular weight excluding hydrogens is 285 g/mol. The second kappa shape index (κ2) is 5.74. The summed E-state index contributed by atoms with van der Waals surface area (Å²) in [6, 6.07) is 7.87. The Morgan fingerprint density at radius 3 is 1.79 bits per heavy atom. The van der Waals surface area contributed by atoms with Crippen molar-refractivity contribution in [2.75, 3.05) is 0 Å². The first-order valence-corrected chi connectivity index (χ1v) is 3.63. The molecule has 0 spiro atoms. The van der Waals surface area contributed by atoms with Crippen LogP contribution in [0.1, 0.15) is 11.5 Å². The molecule has 0 saturated heterocycles. The maximum absolute atomic E-state index is 10.6. The fraction of sp³-hybridized carbons (Fsp3) is 0.111. The fourth-order valence-electron chi connectivity index (χ4n) is 1.04. The Bertz CT molecular complexity index is 309. The number of hydrogen-bond donors (Lipinski definition) is 2. The summed E-state index contributed by atoms with van der Waals surface area (Å²) in [5.74, 6) is -4.17. The van der Waals surface area contributed by atoms with Crippen molar-refractivity contribution < 1.29 is 47.1 Å². The van der Waals surface area contributed by atoms with Gasteiger partial charge in [0.05, 0.1) is 0 Å². The topological polar surface area (TPSA) is 74.6 Å². The Balaban J connectivity index is 0.00000169. The van der Waals surface area contributed by atoms with Gasteiger partial charge in [0.2, 0.25) is 0 Å². The van der Waals surface area contributed by atoms with Gasteiger partial charge in [-0.05, 0) is 5.56 Å². The van der Waals surface area contributed by atoms with E-state index in [0.29, 0.717) is 0 Å². The molecule has 2 N–H and O–H groups in total. The van der Waals surface area contributed by atoms with Crippen LogP contribution in [0.5, 0.6) is 0 Å². The molecule has 0 radical (unpaired) electrons. The van der Waals surface area contributed by atoms with E-state index in [1.54, 1.807) is 18.2 Å². The normalized spacial score (nSPS) is 9.21. The molecule has 5 heteroatoms. The average molecular weight is 293 g/mol. The summed E-state index contributed by atoms with van der Waals surface area (Å²) in [6.07, 6.45) is 0. The van der Waals surface area contributed by atoms with Crippen LogP contribution in [0.2, 0.25) is 0 Å². The number of aliphatic carboxylic acids is 2. The van der Waals surface area contributed by atoms with E-state index >= 15 is 0 Å². The van der Waals surface area contributed by atoms with E-state index < -0.39 is 17.9 Å². The van der Waals surface area contributed by atoms with Crippen molar-refractivity contribution in [3.8, 4) is 0 Å². The van der Waals surface area contributed by atoms with Gasteiger partial charge < -0.3 is 10.2 Å². The van der Waals surface area contributed by atoms with E-state index in [9.17, 15) is 9.59 Å². The third kappa shape index (κ3) is 3.09. The maximum atomic E-state index is 10.6. The number of benzene rings is 1. The third-order valence-corrected chi connectivity index (χ3v) is 1.63. The van der Waals surface area contributed by atoms with Crippen LogP contribution < -0.4 is 0 Å². The van der Waals surface area contributed by atoms with Gasteiger partial charge in [-0.3, -0.25) is 9.59 Å². The molecule has 4 nitrogen and oxygen atoms in total. The summed E-state index contributed by atoms with van der Waals surface area (Å²) in [4.78, 5) is 21.1. The van der Waals surface area contributed by atoms with Crippen molar-refractivity contribution in [1.82, 2.24) is 0 Å². The summed E-state index contributed by atoms with van der Waals surface area (Å²) in [6.45, 7) is 0. The molecule has 0 aliphatic heterocycles. The summed E-state index contributed by atoms with van der Waals surface area (Å²) in [7, 11) is 0. The zero-order valence-corrected chi connectivity index (χ0v) is 11.4. The molecular formula is C9H8CdO4. The van der Waals surface area contributed by atoms with Gasteiger partial charge in [-0.15, -0.1) is 0 Å². The minimum Gasteiger partial charge on any atom is -0.480 e. The van der Waals surface area contributed by atoms with Crippen molar-refractivity contribution in [1.29, 1.82) is 0 Å². The van der Waals surface area contributed by atoms with Crippen LogP contribution in [0.15, 0.2) is 30.3 Å². The molecule has 1 aromatic rings. The van der Waals surface area contributed by atoms with Crippen molar-refractivity contribution in [2.24, 2.45) is 0 Å².